The Labute approximate surface area is 98.9 Å². The summed E-state index contributed by atoms with van der Waals surface area (Å²) in [5, 5.41) is 2.90. The minimum atomic E-state index is -4.28. The van der Waals surface area contributed by atoms with E-state index in [-0.39, 0.29) is 10.6 Å². The minimum absolute atomic E-state index is 0.246. The summed E-state index contributed by atoms with van der Waals surface area (Å²) in [6, 6.07) is 10.5. The summed E-state index contributed by atoms with van der Waals surface area (Å²) in [6.45, 7) is 0. The zero-order valence-corrected chi connectivity index (χ0v) is 9.55. The first-order valence-corrected chi connectivity index (χ1v) is 6.25. The van der Waals surface area contributed by atoms with E-state index in [0.717, 1.165) is 11.9 Å². The Hall–Kier alpha value is -1.92. The van der Waals surface area contributed by atoms with Crippen molar-refractivity contribution in [2.75, 3.05) is 5.32 Å². The maximum Gasteiger partial charge on any atom is 0.298 e. The predicted molar refractivity (Wildman–Crippen MR) is 63.8 cm³/mol. The Balaban J connectivity index is 2.41. The van der Waals surface area contributed by atoms with Crippen molar-refractivity contribution in [3.63, 3.8) is 0 Å². The van der Waals surface area contributed by atoms with Gasteiger partial charge in [-0.1, -0.05) is 18.2 Å². The van der Waals surface area contributed by atoms with Crippen LogP contribution in [0.3, 0.4) is 0 Å². The lowest BCUT2D eigenvalue weighted by molar-refractivity contribution is 0.483. The fourth-order valence-electron chi connectivity index (χ4n) is 1.37. The van der Waals surface area contributed by atoms with Crippen LogP contribution in [0.5, 0.6) is 0 Å². The van der Waals surface area contributed by atoms with Gasteiger partial charge in [0.05, 0.1) is 11.9 Å². The summed E-state index contributed by atoms with van der Waals surface area (Å²) in [6.07, 6.45) is 2.54. The Morgan fingerprint density at radius 1 is 1.12 bits per heavy atom. The highest BCUT2D eigenvalue weighted by Gasteiger charge is 2.15. The number of nitrogens with zero attached hydrogens (tertiary/aromatic N) is 1. The van der Waals surface area contributed by atoms with E-state index >= 15 is 0 Å². The summed E-state index contributed by atoms with van der Waals surface area (Å²) in [7, 11) is -4.28. The monoisotopic (exact) mass is 250 g/mol. The predicted octanol–water partition coefficient (Wildman–Crippen LogP) is 2.07. The first-order valence-electron chi connectivity index (χ1n) is 4.81. The molecule has 0 atom stereocenters. The molecule has 6 heteroatoms. The van der Waals surface area contributed by atoms with Gasteiger partial charge in [-0.2, -0.15) is 8.42 Å². The summed E-state index contributed by atoms with van der Waals surface area (Å²) >= 11 is 0. The average Bonchev–Trinajstić information content (AvgIpc) is 2.30. The van der Waals surface area contributed by atoms with Gasteiger partial charge in [0.2, 0.25) is 0 Å². The smallest absolute Gasteiger partial charge is 0.298 e. The SMILES string of the molecule is O=S(=O)(O)c1cnccc1Nc1ccccc1. The highest BCUT2D eigenvalue weighted by Crippen LogP contribution is 2.23. The number of hydrogen-bond acceptors (Lipinski definition) is 4. The highest BCUT2D eigenvalue weighted by atomic mass is 32.2. The van der Waals surface area contributed by atoms with Gasteiger partial charge in [0.15, 0.2) is 0 Å². The Morgan fingerprint density at radius 3 is 2.47 bits per heavy atom. The molecular formula is C11H10N2O3S. The van der Waals surface area contributed by atoms with Gasteiger partial charge in [-0.25, -0.2) is 0 Å². The van der Waals surface area contributed by atoms with E-state index in [1.165, 1.54) is 12.3 Å². The largest absolute Gasteiger partial charge is 0.354 e. The molecule has 2 N–H and O–H groups in total. The van der Waals surface area contributed by atoms with Crippen molar-refractivity contribution < 1.29 is 13.0 Å². The van der Waals surface area contributed by atoms with Crippen LogP contribution >= 0.6 is 0 Å². The molecule has 0 saturated carbocycles. The minimum Gasteiger partial charge on any atom is -0.354 e. The topological polar surface area (TPSA) is 79.3 Å². The van der Waals surface area contributed by atoms with Crippen LogP contribution in [-0.2, 0) is 10.1 Å². The fourth-order valence-corrected chi connectivity index (χ4v) is 1.96. The summed E-state index contributed by atoms with van der Waals surface area (Å²) in [5.74, 6) is 0. The van der Waals surface area contributed by atoms with E-state index in [0.29, 0.717) is 0 Å². The summed E-state index contributed by atoms with van der Waals surface area (Å²) < 4.78 is 31.3. The maximum atomic E-state index is 11.1. The third kappa shape index (κ3) is 2.80. The molecule has 0 bridgehead atoms. The second-order valence-corrected chi connectivity index (χ2v) is 4.73. The number of hydrogen-bond donors (Lipinski definition) is 2. The zero-order valence-electron chi connectivity index (χ0n) is 8.74. The first kappa shape index (κ1) is 11.6. The molecule has 1 aromatic heterocycles. The Bertz CT molecular complexity index is 612. The molecule has 0 amide bonds. The number of aromatic nitrogens is 1. The van der Waals surface area contributed by atoms with Crippen molar-refractivity contribution in [2.24, 2.45) is 0 Å². The lowest BCUT2D eigenvalue weighted by atomic mass is 10.3. The first-order chi connectivity index (χ1) is 8.07. The molecule has 0 saturated heterocycles. The Morgan fingerprint density at radius 2 is 1.82 bits per heavy atom. The van der Waals surface area contributed by atoms with Gasteiger partial charge in [-0.15, -0.1) is 0 Å². The van der Waals surface area contributed by atoms with Gasteiger partial charge in [0.1, 0.15) is 4.90 Å². The van der Waals surface area contributed by atoms with E-state index in [9.17, 15) is 8.42 Å². The van der Waals surface area contributed by atoms with Gasteiger partial charge in [-0.05, 0) is 18.2 Å². The molecule has 1 aromatic carbocycles. The number of anilines is 2. The van der Waals surface area contributed by atoms with Gasteiger partial charge >= 0.3 is 0 Å². The lowest BCUT2D eigenvalue weighted by Gasteiger charge is -2.09. The molecule has 0 aliphatic carbocycles. The average molecular weight is 250 g/mol. The molecule has 88 valence electrons. The Kier molecular flexibility index (Phi) is 3.08. The molecule has 2 aromatic rings. The van der Waals surface area contributed by atoms with Crippen LogP contribution < -0.4 is 5.32 Å². The number of rotatable bonds is 3. The van der Waals surface area contributed by atoms with Crippen LogP contribution in [0.15, 0.2) is 53.7 Å². The molecule has 17 heavy (non-hydrogen) atoms. The van der Waals surface area contributed by atoms with E-state index in [2.05, 4.69) is 10.3 Å². The molecule has 0 aliphatic heterocycles. The van der Waals surface area contributed by atoms with Gasteiger partial charge in [0, 0.05) is 11.9 Å². The summed E-state index contributed by atoms with van der Waals surface area (Å²) in [5.41, 5.74) is 1.01. The number of nitrogens with one attached hydrogen (secondary N) is 1. The van der Waals surface area contributed by atoms with Crippen molar-refractivity contribution in [2.45, 2.75) is 4.90 Å². The van der Waals surface area contributed by atoms with Gasteiger partial charge in [-0.3, -0.25) is 9.54 Å². The maximum absolute atomic E-state index is 11.1. The van der Waals surface area contributed by atoms with Crippen LogP contribution in [0.1, 0.15) is 0 Å². The molecule has 0 spiro atoms. The normalized spacial score (nSPS) is 11.1. The van der Waals surface area contributed by atoms with E-state index < -0.39 is 10.1 Å². The van der Waals surface area contributed by atoms with Crippen LogP contribution in [0, 0.1) is 0 Å². The molecule has 0 fully saturated rings. The van der Waals surface area contributed by atoms with Crippen molar-refractivity contribution in [3.05, 3.63) is 48.8 Å². The van der Waals surface area contributed by atoms with Crippen molar-refractivity contribution in [1.29, 1.82) is 0 Å². The third-order valence-electron chi connectivity index (χ3n) is 2.12. The molecule has 0 unspecified atom stereocenters. The zero-order chi connectivity index (χ0) is 12.3. The van der Waals surface area contributed by atoms with Crippen LogP contribution in [0.25, 0.3) is 0 Å². The van der Waals surface area contributed by atoms with E-state index in [1.54, 1.807) is 12.1 Å². The summed E-state index contributed by atoms with van der Waals surface area (Å²) in [4.78, 5) is 3.43. The van der Waals surface area contributed by atoms with E-state index in [1.807, 2.05) is 18.2 Å². The van der Waals surface area contributed by atoms with Gasteiger partial charge in [0.25, 0.3) is 10.1 Å². The lowest BCUT2D eigenvalue weighted by Crippen LogP contribution is -2.03. The quantitative estimate of drug-likeness (QED) is 0.815. The number of pyridine rings is 1. The van der Waals surface area contributed by atoms with E-state index in [4.69, 9.17) is 4.55 Å². The molecule has 5 nitrogen and oxygen atoms in total. The van der Waals surface area contributed by atoms with Crippen molar-refractivity contribution in [3.8, 4) is 0 Å². The standard InChI is InChI=1S/C11H10N2O3S/c14-17(15,16)11-8-12-7-6-10(11)13-9-4-2-1-3-5-9/h1-8H,(H,12,13)(H,14,15,16). The number of benzene rings is 1. The second kappa shape index (κ2) is 4.52. The third-order valence-corrected chi connectivity index (χ3v) is 3.00. The van der Waals surface area contributed by atoms with Crippen molar-refractivity contribution >= 4 is 21.5 Å². The molecule has 0 radical (unpaired) electrons. The fraction of sp³-hybridized carbons (Fsp3) is 0. The number of para-hydroxylation sites is 1. The molecule has 2 rings (SSSR count). The van der Waals surface area contributed by atoms with Gasteiger partial charge < -0.3 is 5.32 Å². The van der Waals surface area contributed by atoms with Crippen molar-refractivity contribution in [1.82, 2.24) is 4.98 Å². The molecule has 1 heterocycles. The second-order valence-electron chi connectivity index (χ2n) is 3.34. The highest BCUT2D eigenvalue weighted by molar-refractivity contribution is 7.86. The molecular weight excluding hydrogens is 240 g/mol. The van der Waals surface area contributed by atoms with Crippen LogP contribution in [0.2, 0.25) is 0 Å². The van der Waals surface area contributed by atoms with Crippen LogP contribution in [-0.4, -0.2) is 18.0 Å². The van der Waals surface area contributed by atoms with Crippen LogP contribution in [0.4, 0.5) is 11.4 Å². The molecule has 0 aliphatic rings.